The lowest BCUT2D eigenvalue weighted by atomic mass is 10.1. The van der Waals surface area contributed by atoms with Crippen LogP contribution in [0.4, 0.5) is 20.3 Å². The summed E-state index contributed by atoms with van der Waals surface area (Å²) in [6, 6.07) is 7.53. The van der Waals surface area contributed by atoms with E-state index in [1.807, 2.05) is 18.2 Å². The number of fused-ring (bicyclic) bond motifs is 2. The van der Waals surface area contributed by atoms with Gasteiger partial charge in [0.2, 0.25) is 5.89 Å². The van der Waals surface area contributed by atoms with Gasteiger partial charge in [0.1, 0.15) is 23.3 Å². The van der Waals surface area contributed by atoms with Crippen LogP contribution in [0.1, 0.15) is 38.8 Å². The lowest BCUT2D eigenvalue weighted by Crippen LogP contribution is -2.45. The first-order valence-electron chi connectivity index (χ1n) is 12.4. The summed E-state index contributed by atoms with van der Waals surface area (Å²) in [5.74, 6) is 0.778. The second-order valence-corrected chi connectivity index (χ2v) is 10.1. The molecule has 37 heavy (non-hydrogen) atoms. The van der Waals surface area contributed by atoms with Crippen LogP contribution in [0.25, 0.3) is 33.3 Å². The van der Waals surface area contributed by atoms with Gasteiger partial charge in [0.05, 0.1) is 17.8 Å². The topological polar surface area (TPSA) is 93.4 Å². The Balaban J connectivity index is 1.38. The quantitative estimate of drug-likeness (QED) is 0.333. The first kappa shape index (κ1) is 23.7. The molecule has 0 unspecified atom stereocenters. The molecule has 0 bridgehead atoms. The molecule has 1 saturated carbocycles. The van der Waals surface area contributed by atoms with Crippen LogP contribution in [0.2, 0.25) is 0 Å². The maximum absolute atomic E-state index is 13.7. The van der Waals surface area contributed by atoms with Crippen molar-refractivity contribution in [1.82, 2.24) is 15.0 Å². The molecule has 2 fully saturated rings. The Hall–Kier alpha value is -3.66. The van der Waals surface area contributed by atoms with Gasteiger partial charge in [-0.15, -0.1) is 0 Å². The van der Waals surface area contributed by atoms with Gasteiger partial charge < -0.3 is 24.2 Å². The van der Waals surface area contributed by atoms with E-state index in [0.29, 0.717) is 34.4 Å². The molecule has 0 spiro atoms. The number of hydrogen-bond acceptors (Lipinski definition) is 8. The van der Waals surface area contributed by atoms with Gasteiger partial charge in [-0.25, -0.2) is 18.7 Å². The molecule has 1 aliphatic carbocycles. The number of ether oxygens (including phenoxy) is 1. The predicted octanol–water partition coefficient (Wildman–Crippen LogP) is 5.38. The number of carbonyl (C=O) groups is 1. The Morgan fingerprint density at radius 2 is 1.92 bits per heavy atom. The van der Waals surface area contributed by atoms with E-state index >= 15 is 0 Å². The van der Waals surface area contributed by atoms with Gasteiger partial charge in [-0.3, -0.25) is 4.98 Å². The molecule has 4 heterocycles. The maximum atomic E-state index is 13.7. The largest absolute Gasteiger partial charge is 0.436 e. The van der Waals surface area contributed by atoms with Gasteiger partial charge in [-0.1, -0.05) is 0 Å². The summed E-state index contributed by atoms with van der Waals surface area (Å²) in [5.41, 5.74) is 2.06. The number of pyridine rings is 2. The summed E-state index contributed by atoms with van der Waals surface area (Å²) < 4.78 is 39.4. The second kappa shape index (κ2) is 9.02. The van der Waals surface area contributed by atoms with Crippen LogP contribution in [0.3, 0.4) is 0 Å². The molecule has 1 saturated heterocycles. The van der Waals surface area contributed by atoms with Crippen molar-refractivity contribution in [2.24, 2.45) is 5.41 Å². The smallest absolute Gasteiger partial charge is 0.281 e. The molecule has 0 radical (unpaired) electrons. The number of morpholine rings is 1. The van der Waals surface area contributed by atoms with E-state index in [1.165, 1.54) is 12.4 Å². The Kier molecular flexibility index (Phi) is 5.78. The highest BCUT2D eigenvalue weighted by atomic mass is 19.3. The molecule has 10 heteroatoms. The van der Waals surface area contributed by atoms with Crippen LogP contribution in [0, 0.1) is 5.41 Å². The molecule has 0 amide bonds. The van der Waals surface area contributed by atoms with Crippen molar-refractivity contribution in [3.8, 4) is 11.5 Å². The molecule has 1 aromatic carbocycles. The Labute approximate surface area is 212 Å². The van der Waals surface area contributed by atoms with Crippen LogP contribution in [-0.2, 0) is 9.53 Å². The molecule has 4 aromatic rings. The fourth-order valence-electron chi connectivity index (χ4n) is 4.98. The molecule has 6 rings (SSSR count). The SMILES string of the molecule is C[C@@H]1CN(c2ccc3oc(-c4cnc(C(F)F)c5cnc(NCC6(C=O)CC6)cc45)nc3c2)C[C@H](C)O1. The monoisotopic (exact) mass is 507 g/mol. The molecular formula is C27H27F2N5O3. The highest BCUT2D eigenvalue weighted by Gasteiger charge is 2.42. The molecule has 1 N–H and O–H groups in total. The van der Waals surface area contributed by atoms with E-state index in [9.17, 15) is 13.6 Å². The summed E-state index contributed by atoms with van der Waals surface area (Å²) >= 11 is 0. The second-order valence-electron chi connectivity index (χ2n) is 10.1. The third kappa shape index (κ3) is 4.50. The fourth-order valence-corrected chi connectivity index (χ4v) is 4.98. The molecular weight excluding hydrogens is 480 g/mol. The third-order valence-electron chi connectivity index (χ3n) is 7.16. The van der Waals surface area contributed by atoms with E-state index in [1.54, 1.807) is 6.07 Å². The zero-order valence-corrected chi connectivity index (χ0v) is 20.6. The van der Waals surface area contributed by atoms with Gasteiger partial charge in [0.15, 0.2) is 5.58 Å². The van der Waals surface area contributed by atoms with E-state index < -0.39 is 6.43 Å². The predicted molar refractivity (Wildman–Crippen MR) is 136 cm³/mol. The van der Waals surface area contributed by atoms with Gasteiger partial charge >= 0.3 is 0 Å². The first-order chi connectivity index (χ1) is 17.8. The number of rotatable bonds is 7. The Bertz CT molecular complexity index is 1480. The number of halogens is 2. The number of benzene rings is 1. The Morgan fingerprint density at radius 1 is 1.14 bits per heavy atom. The van der Waals surface area contributed by atoms with Gasteiger partial charge in [-0.2, -0.15) is 0 Å². The number of aromatic nitrogens is 3. The van der Waals surface area contributed by atoms with Crippen molar-refractivity contribution in [3.63, 3.8) is 0 Å². The fraction of sp³-hybridized carbons (Fsp3) is 0.407. The minimum Gasteiger partial charge on any atom is -0.436 e. The van der Waals surface area contributed by atoms with Gasteiger partial charge in [0, 0.05) is 53.9 Å². The van der Waals surface area contributed by atoms with Crippen LogP contribution in [0.15, 0.2) is 41.1 Å². The third-order valence-corrected chi connectivity index (χ3v) is 7.16. The summed E-state index contributed by atoms with van der Waals surface area (Å²) in [7, 11) is 0. The average Bonchev–Trinajstić information content (AvgIpc) is 3.55. The van der Waals surface area contributed by atoms with Crippen molar-refractivity contribution in [3.05, 3.63) is 42.4 Å². The highest BCUT2D eigenvalue weighted by Crippen LogP contribution is 2.43. The summed E-state index contributed by atoms with van der Waals surface area (Å²) in [4.78, 5) is 26.6. The zero-order chi connectivity index (χ0) is 25.7. The van der Waals surface area contributed by atoms with Crippen molar-refractivity contribution in [2.75, 3.05) is 29.9 Å². The number of nitrogens with zero attached hydrogens (tertiary/aromatic N) is 4. The van der Waals surface area contributed by atoms with Crippen molar-refractivity contribution >= 4 is 39.7 Å². The minimum atomic E-state index is -2.76. The lowest BCUT2D eigenvalue weighted by Gasteiger charge is -2.36. The standard InChI is InChI=1S/C27H27F2N5O3/c1-15-11-34(12-16(2)36-15)17-3-4-22-21(7-17)33-26(37-22)20-10-31-24(25(28)29)19-9-30-23(8-18(19)20)32-13-27(14-35)5-6-27/h3-4,7-10,14-16,25H,5-6,11-13H2,1-2H3,(H,30,32)/t15-,16+. The molecule has 3 aromatic heterocycles. The number of oxazole rings is 1. The number of hydrogen-bond donors (Lipinski definition) is 1. The molecule has 1 aliphatic heterocycles. The molecule has 192 valence electrons. The van der Waals surface area contributed by atoms with Crippen molar-refractivity contribution in [1.29, 1.82) is 0 Å². The normalized spacial score (nSPS) is 21.1. The van der Waals surface area contributed by atoms with Gasteiger partial charge in [-0.05, 0) is 51.0 Å². The number of anilines is 2. The number of aldehydes is 1. The molecule has 2 aliphatic rings. The molecule has 2 atom stereocenters. The maximum Gasteiger partial charge on any atom is 0.281 e. The van der Waals surface area contributed by atoms with Crippen molar-refractivity contribution < 1.29 is 22.7 Å². The van der Waals surface area contributed by atoms with E-state index in [4.69, 9.17) is 14.1 Å². The summed E-state index contributed by atoms with van der Waals surface area (Å²) in [6.45, 7) is 6.11. The minimum absolute atomic E-state index is 0.121. The van der Waals surface area contributed by atoms with Crippen molar-refractivity contribution in [2.45, 2.75) is 45.3 Å². The van der Waals surface area contributed by atoms with Crippen LogP contribution < -0.4 is 10.2 Å². The number of nitrogens with one attached hydrogen (secondary N) is 1. The van der Waals surface area contributed by atoms with Crippen LogP contribution >= 0.6 is 0 Å². The first-order valence-corrected chi connectivity index (χ1v) is 12.4. The zero-order valence-electron chi connectivity index (χ0n) is 20.6. The highest BCUT2D eigenvalue weighted by molar-refractivity contribution is 5.97. The van der Waals surface area contributed by atoms with Crippen LogP contribution in [-0.4, -0.2) is 53.1 Å². The number of alkyl halides is 2. The summed E-state index contributed by atoms with van der Waals surface area (Å²) in [6.07, 6.45) is 2.87. The van der Waals surface area contributed by atoms with E-state index in [2.05, 4.69) is 34.0 Å². The average molecular weight is 508 g/mol. The summed E-state index contributed by atoms with van der Waals surface area (Å²) in [5, 5.41) is 3.91. The van der Waals surface area contributed by atoms with E-state index in [0.717, 1.165) is 37.9 Å². The van der Waals surface area contributed by atoms with E-state index in [-0.39, 0.29) is 34.6 Å². The Morgan fingerprint density at radius 3 is 2.62 bits per heavy atom. The molecule has 8 nitrogen and oxygen atoms in total. The van der Waals surface area contributed by atoms with Gasteiger partial charge in [0.25, 0.3) is 6.43 Å². The number of carbonyl (C=O) groups excluding carboxylic acids is 1. The van der Waals surface area contributed by atoms with Crippen LogP contribution in [0.5, 0.6) is 0 Å². The lowest BCUT2D eigenvalue weighted by molar-refractivity contribution is -0.111.